The van der Waals surface area contributed by atoms with Crippen LogP contribution in [0.4, 0.5) is 0 Å². The fourth-order valence-corrected chi connectivity index (χ4v) is 6.94. The van der Waals surface area contributed by atoms with Gasteiger partial charge in [-0.25, -0.2) is 0 Å². The lowest BCUT2D eigenvalue weighted by molar-refractivity contribution is 1.55. The fraction of sp³-hybridized carbons (Fsp3) is 0. The summed E-state index contributed by atoms with van der Waals surface area (Å²) in [5.74, 6) is 0. The Hall–Kier alpha value is -5.66. The molecule has 1 heterocycles. The van der Waals surface area contributed by atoms with E-state index >= 15 is 0 Å². The third-order valence-electron chi connectivity index (χ3n) is 8.98. The molecule has 0 amide bonds. The molecule has 9 rings (SSSR count). The summed E-state index contributed by atoms with van der Waals surface area (Å²) in [7, 11) is 0. The van der Waals surface area contributed by atoms with E-state index in [1.54, 1.807) is 0 Å². The summed E-state index contributed by atoms with van der Waals surface area (Å²) in [6.07, 6.45) is 0. The van der Waals surface area contributed by atoms with Gasteiger partial charge in [-0.3, -0.25) is 0 Å². The quantitative estimate of drug-likeness (QED) is 0.227. The molecule has 0 aliphatic rings. The van der Waals surface area contributed by atoms with Crippen molar-refractivity contribution in [3.8, 4) is 33.4 Å². The van der Waals surface area contributed by atoms with Crippen molar-refractivity contribution in [1.82, 2.24) is 4.98 Å². The fourth-order valence-electron chi connectivity index (χ4n) is 6.94. The third-order valence-corrected chi connectivity index (χ3v) is 8.98. The van der Waals surface area contributed by atoms with Crippen LogP contribution in [-0.2, 0) is 0 Å². The molecule has 0 unspecified atom stereocenters. The molecule has 43 heavy (non-hydrogen) atoms. The zero-order valence-corrected chi connectivity index (χ0v) is 23.5. The Bertz CT molecular complexity index is 2490. The topological polar surface area (TPSA) is 15.8 Å². The smallest absolute Gasteiger partial charge is 0.0550 e. The minimum atomic E-state index is 1.16. The second-order valence-electron chi connectivity index (χ2n) is 11.4. The third kappa shape index (κ3) is 3.79. The van der Waals surface area contributed by atoms with E-state index in [0.717, 1.165) is 5.52 Å². The predicted molar refractivity (Wildman–Crippen MR) is 185 cm³/mol. The summed E-state index contributed by atoms with van der Waals surface area (Å²) >= 11 is 0. The molecule has 0 saturated heterocycles. The van der Waals surface area contributed by atoms with Crippen LogP contribution in [0.5, 0.6) is 0 Å². The number of hydrogen-bond donors (Lipinski definition) is 1. The lowest BCUT2D eigenvalue weighted by Gasteiger charge is -2.13. The number of fused-ring (bicyclic) bond motifs is 7. The monoisotopic (exact) mass is 545 g/mol. The summed E-state index contributed by atoms with van der Waals surface area (Å²) in [6.45, 7) is 0. The van der Waals surface area contributed by atoms with E-state index in [1.165, 1.54) is 82.0 Å². The Morgan fingerprint density at radius 2 is 0.953 bits per heavy atom. The van der Waals surface area contributed by atoms with Crippen LogP contribution in [0, 0.1) is 0 Å². The molecule has 0 aliphatic carbocycles. The molecule has 0 radical (unpaired) electrons. The standard InChI is InChI=1S/C42H27N/c1-2-10-27(11-3-1)30-20-23-38-40(26-30)43-42-36-22-21-31(35-18-8-14-28-12-4-6-16-33(28)35)24-32(36)25-39(41(38)42)37-19-9-15-29-13-5-7-17-34(29)37/h1-26,43H. The maximum atomic E-state index is 3.88. The van der Waals surface area contributed by atoms with E-state index in [2.05, 4.69) is 163 Å². The number of aromatic amines is 1. The van der Waals surface area contributed by atoms with E-state index in [4.69, 9.17) is 0 Å². The zero-order valence-electron chi connectivity index (χ0n) is 23.5. The molecule has 0 saturated carbocycles. The highest BCUT2D eigenvalue weighted by Gasteiger charge is 2.17. The Morgan fingerprint density at radius 3 is 1.74 bits per heavy atom. The number of hydrogen-bond acceptors (Lipinski definition) is 0. The van der Waals surface area contributed by atoms with Crippen molar-refractivity contribution in [3.05, 3.63) is 158 Å². The summed E-state index contributed by atoms with van der Waals surface area (Å²) in [6, 6.07) is 57.4. The van der Waals surface area contributed by atoms with E-state index in [0.29, 0.717) is 0 Å². The summed E-state index contributed by atoms with van der Waals surface area (Å²) < 4.78 is 0. The van der Waals surface area contributed by atoms with Gasteiger partial charge in [-0.05, 0) is 78.5 Å². The Balaban J connectivity index is 1.37. The Morgan fingerprint density at radius 1 is 0.326 bits per heavy atom. The zero-order chi connectivity index (χ0) is 28.3. The largest absolute Gasteiger partial charge is 0.354 e. The molecule has 0 atom stereocenters. The van der Waals surface area contributed by atoms with E-state index in [-0.39, 0.29) is 0 Å². The molecular formula is C42H27N. The molecule has 1 heteroatoms. The molecule has 8 aromatic carbocycles. The molecule has 1 aromatic heterocycles. The van der Waals surface area contributed by atoms with Crippen LogP contribution in [0.2, 0.25) is 0 Å². The average Bonchev–Trinajstić information content (AvgIpc) is 3.47. The van der Waals surface area contributed by atoms with Crippen molar-refractivity contribution >= 4 is 54.1 Å². The Labute approximate surface area is 249 Å². The van der Waals surface area contributed by atoms with Gasteiger partial charge in [-0.2, -0.15) is 0 Å². The maximum absolute atomic E-state index is 3.88. The highest BCUT2D eigenvalue weighted by molar-refractivity contribution is 6.25. The molecule has 0 spiro atoms. The lowest BCUT2D eigenvalue weighted by Crippen LogP contribution is -1.87. The predicted octanol–water partition coefficient (Wildman–Crippen LogP) is 11.8. The van der Waals surface area contributed by atoms with E-state index in [1.807, 2.05) is 0 Å². The van der Waals surface area contributed by atoms with Crippen molar-refractivity contribution in [2.45, 2.75) is 0 Å². The van der Waals surface area contributed by atoms with Crippen LogP contribution in [0.25, 0.3) is 87.5 Å². The van der Waals surface area contributed by atoms with Crippen LogP contribution < -0.4 is 0 Å². The lowest BCUT2D eigenvalue weighted by atomic mass is 9.90. The van der Waals surface area contributed by atoms with Crippen LogP contribution in [0.1, 0.15) is 0 Å². The minimum absolute atomic E-state index is 1.16. The van der Waals surface area contributed by atoms with Gasteiger partial charge in [0.1, 0.15) is 0 Å². The second-order valence-corrected chi connectivity index (χ2v) is 11.4. The van der Waals surface area contributed by atoms with Gasteiger partial charge in [0.05, 0.1) is 5.52 Å². The number of aromatic nitrogens is 1. The maximum Gasteiger partial charge on any atom is 0.0550 e. The van der Waals surface area contributed by atoms with Gasteiger partial charge in [-0.15, -0.1) is 0 Å². The van der Waals surface area contributed by atoms with Gasteiger partial charge in [0, 0.05) is 21.7 Å². The van der Waals surface area contributed by atoms with Crippen molar-refractivity contribution < 1.29 is 0 Å². The number of H-pyrrole nitrogens is 1. The second kappa shape index (κ2) is 9.44. The Kier molecular flexibility index (Phi) is 5.27. The number of nitrogens with one attached hydrogen (secondary N) is 1. The van der Waals surface area contributed by atoms with Crippen molar-refractivity contribution in [3.63, 3.8) is 0 Å². The molecule has 9 aromatic rings. The highest BCUT2D eigenvalue weighted by Crippen LogP contribution is 2.43. The summed E-state index contributed by atoms with van der Waals surface area (Å²) in [5.41, 5.74) is 9.79. The molecule has 0 fully saturated rings. The van der Waals surface area contributed by atoms with Crippen LogP contribution >= 0.6 is 0 Å². The first kappa shape index (κ1) is 24.0. The summed E-state index contributed by atoms with van der Waals surface area (Å²) in [4.78, 5) is 3.88. The SMILES string of the molecule is c1ccc(-c2ccc3c(c2)[nH]c2c4ccc(-c5cccc6ccccc56)cc4cc(-c4cccc5ccccc45)c32)cc1. The first-order valence-corrected chi connectivity index (χ1v) is 14.9. The molecule has 0 aliphatic heterocycles. The van der Waals surface area contributed by atoms with Gasteiger partial charge < -0.3 is 4.98 Å². The normalized spacial score (nSPS) is 11.7. The molecule has 1 nitrogen and oxygen atoms in total. The molecule has 200 valence electrons. The van der Waals surface area contributed by atoms with Gasteiger partial charge in [0.2, 0.25) is 0 Å². The number of rotatable bonds is 3. The van der Waals surface area contributed by atoms with Crippen molar-refractivity contribution in [2.75, 3.05) is 0 Å². The average molecular weight is 546 g/mol. The minimum Gasteiger partial charge on any atom is -0.354 e. The van der Waals surface area contributed by atoms with Gasteiger partial charge >= 0.3 is 0 Å². The number of benzene rings is 8. The molecule has 1 N–H and O–H groups in total. The van der Waals surface area contributed by atoms with Crippen LogP contribution in [-0.4, -0.2) is 4.98 Å². The van der Waals surface area contributed by atoms with Gasteiger partial charge in [0.25, 0.3) is 0 Å². The molecule has 0 bridgehead atoms. The van der Waals surface area contributed by atoms with Crippen molar-refractivity contribution in [1.29, 1.82) is 0 Å². The van der Waals surface area contributed by atoms with Crippen LogP contribution in [0.15, 0.2) is 158 Å². The summed E-state index contributed by atoms with van der Waals surface area (Å²) in [5, 5.41) is 10.1. The highest BCUT2D eigenvalue weighted by atomic mass is 14.7. The van der Waals surface area contributed by atoms with E-state index < -0.39 is 0 Å². The van der Waals surface area contributed by atoms with Gasteiger partial charge in [-0.1, -0.05) is 140 Å². The van der Waals surface area contributed by atoms with Crippen LogP contribution in [0.3, 0.4) is 0 Å². The van der Waals surface area contributed by atoms with E-state index in [9.17, 15) is 0 Å². The van der Waals surface area contributed by atoms with Crippen molar-refractivity contribution in [2.24, 2.45) is 0 Å². The first-order chi connectivity index (χ1) is 21.3. The molecular weight excluding hydrogens is 518 g/mol. The first-order valence-electron chi connectivity index (χ1n) is 14.9. The van der Waals surface area contributed by atoms with Gasteiger partial charge in [0.15, 0.2) is 0 Å².